The Labute approximate surface area is 187 Å². The number of carbonyl (C=O) groups excluding carboxylic acids is 1. The molecule has 2 aliphatic heterocycles. The van der Waals surface area contributed by atoms with E-state index in [1.807, 2.05) is 23.2 Å². The van der Waals surface area contributed by atoms with Gasteiger partial charge in [-0.3, -0.25) is 14.7 Å². The molecule has 2 aromatic rings. The second-order valence-corrected chi connectivity index (χ2v) is 8.95. The van der Waals surface area contributed by atoms with Crippen molar-refractivity contribution in [2.75, 3.05) is 32.7 Å². The van der Waals surface area contributed by atoms with Gasteiger partial charge in [0.2, 0.25) is 5.91 Å². The summed E-state index contributed by atoms with van der Waals surface area (Å²) >= 11 is 0. The van der Waals surface area contributed by atoms with Crippen LogP contribution in [0.3, 0.4) is 0 Å². The van der Waals surface area contributed by atoms with Gasteiger partial charge in [-0.2, -0.15) is 13.2 Å². The van der Waals surface area contributed by atoms with E-state index < -0.39 is 11.7 Å². The molecule has 0 radical (unpaired) electrons. The molecular formula is C25H30F3N3O. The van der Waals surface area contributed by atoms with Crippen molar-refractivity contribution < 1.29 is 18.0 Å². The molecular weight excluding hydrogens is 415 g/mol. The van der Waals surface area contributed by atoms with Gasteiger partial charge in [0.25, 0.3) is 0 Å². The number of hydrogen-bond acceptors (Lipinski definition) is 3. The van der Waals surface area contributed by atoms with Gasteiger partial charge in [-0.05, 0) is 80.9 Å². The number of aromatic nitrogens is 1. The predicted octanol–water partition coefficient (Wildman–Crippen LogP) is 4.88. The highest BCUT2D eigenvalue weighted by Gasteiger charge is 2.30. The number of alkyl halides is 3. The lowest BCUT2D eigenvalue weighted by Crippen LogP contribution is -2.44. The number of nitrogens with zero attached hydrogens (tertiary/aromatic N) is 3. The van der Waals surface area contributed by atoms with Crippen LogP contribution in [0.5, 0.6) is 0 Å². The molecule has 0 aliphatic carbocycles. The third kappa shape index (κ3) is 5.88. The van der Waals surface area contributed by atoms with Crippen LogP contribution in [0.15, 0.2) is 42.6 Å². The Balaban J connectivity index is 1.26. The molecule has 2 fully saturated rings. The topological polar surface area (TPSA) is 36.4 Å². The molecule has 3 heterocycles. The van der Waals surface area contributed by atoms with Gasteiger partial charge in [-0.25, -0.2) is 0 Å². The molecule has 1 amide bonds. The van der Waals surface area contributed by atoms with Gasteiger partial charge in [-0.15, -0.1) is 0 Å². The Morgan fingerprint density at radius 3 is 2.16 bits per heavy atom. The van der Waals surface area contributed by atoms with E-state index >= 15 is 0 Å². The van der Waals surface area contributed by atoms with Gasteiger partial charge >= 0.3 is 6.18 Å². The fourth-order valence-corrected chi connectivity index (χ4v) is 4.65. The zero-order valence-corrected chi connectivity index (χ0v) is 18.3. The van der Waals surface area contributed by atoms with Crippen molar-refractivity contribution in [1.82, 2.24) is 14.8 Å². The molecule has 2 aliphatic rings. The van der Waals surface area contributed by atoms with Gasteiger partial charge in [-0.1, -0.05) is 18.2 Å². The number of likely N-dealkylation sites (tertiary alicyclic amines) is 2. The Bertz CT molecular complexity index is 882. The fraction of sp³-hybridized carbons (Fsp3) is 0.520. The number of halogens is 3. The third-order valence-corrected chi connectivity index (χ3v) is 6.61. The van der Waals surface area contributed by atoms with Crippen LogP contribution in [-0.4, -0.2) is 53.4 Å². The molecule has 0 saturated carbocycles. The maximum absolute atomic E-state index is 12.7. The van der Waals surface area contributed by atoms with E-state index in [1.165, 1.54) is 18.6 Å². The Kier molecular flexibility index (Phi) is 7.13. The van der Waals surface area contributed by atoms with Crippen molar-refractivity contribution >= 4 is 5.91 Å². The highest BCUT2D eigenvalue weighted by molar-refractivity contribution is 5.78. The van der Waals surface area contributed by atoms with Crippen LogP contribution in [0.25, 0.3) is 0 Å². The Morgan fingerprint density at radius 2 is 1.56 bits per heavy atom. The highest BCUT2D eigenvalue weighted by atomic mass is 19.4. The number of pyridine rings is 1. The Hall–Kier alpha value is -2.41. The first-order valence-corrected chi connectivity index (χ1v) is 11.5. The van der Waals surface area contributed by atoms with Crippen LogP contribution >= 0.6 is 0 Å². The molecule has 4 nitrogen and oxygen atoms in total. The quantitative estimate of drug-likeness (QED) is 0.658. The SMILES string of the molecule is O=C(CN1CCC(c2ccc(Cc3ccc(C(F)(F)F)cc3)cn2)CC1)N1CCCCC1. The summed E-state index contributed by atoms with van der Waals surface area (Å²) < 4.78 is 38.1. The van der Waals surface area contributed by atoms with Gasteiger partial charge in [0, 0.05) is 30.9 Å². The fourth-order valence-electron chi connectivity index (χ4n) is 4.65. The first-order chi connectivity index (χ1) is 15.4. The van der Waals surface area contributed by atoms with E-state index in [0.717, 1.165) is 80.8 Å². The van der Waals surface area contributed by atoms with E-state index in [9.17, 15) is 18.0 Å². The lowest BCUT2D eigenvalue weighted by molar-refractivity contribution is -0.137. The second-order valence-electron chi connectivity index (χ2n) is 8.95. The summed E-state index contributed by atoms with van der Waals surface area (Å²) in [7, 11) is 0. The van der Waals surface area contributed by atoms with E-state index in [1.54, 1.807) is 0 Å². The van der Waals surface area contributed by atoms with Gasteiger partial charge in [0.05, 0.1) is 12.1 Å². The molecule has 4 rings (SSSR count). The van der Waals surface area contributed by atoms with Gasteiger partial charge in [0.1, 0.15) is 0 Å². The van der Waals surface area contributed by atoms with E-state index in [2.05, 4.69) is 9.88 Å². The molecule has 0 atom stereocenters. The van der Waals surface area contributed by atoms with E-state index in [4.69, 9.17) is 0 Å². The molecule has 0 N–H and O–H groups in total. The molecule has 0 unspecified atom stereocenters. The largest absolute Gasteiger partial charge is 0.416 e. The first-order valence-electron chi connectivity index (χ1n) is 11.5. The maximum Gasteiger partial charge on any atom is 0.416 e. The van der Waals surface area contributed by atoms with Crippen molar-refractivity contribution in [2.24, 2.45) is 0 Å². The molecule has 172 valence electrons. The van der Waals surface area contributed by atoms with Crippen LogP contribution < -0.4 is 0 Å². The average molecular weight is 446 g/mol. The van der Waals surface area contributed by atoms with E-state index in [-0.39, 0.29) is 5.91 Å². The zero-order chi connectivity index (χ0) is 22.6. The van der Waals surface area contributed by atoms with Gasteiger partial charge in [0.15, 0.2) is 0 Å². The smallest absolute Gasteiger partial charge is 0.342 e. The summed E-state index contributed by atoms with van der Waals surface area (Å²) in [6, 6.07) is 9.36. The van der Waals surface area contributed by atoms with Crippen molar-refractivity contribution in [3.63, 3.8) is 0 Å². The van der Waals surface area contributed by atoms with Crippen LogP contribution in [0, 0.1) is 0 Å². The summed E-state index contributed by atoms with van der Waals surface area (Å²) in [5.74, 6) is 0.644. The first kappa shape index (κ1) is 22.8. The molecule has 1 aromatic carbocycles. The molecule has 0 spiro atoms. The normalized spacial score (nSPS) is 18.7. The van der Waals surface area contributed by atoms with Crippen molar-refractivity contribution in [1.29, 1.82) is 0 Å². The number of hydrogen-bond donors (Lipinski definition) is 0. The minimum absolute atomic E-state index is 0.258. The van der Waals surface area contributed by atoms with Crippen LogP contribution in [-0.2, 0) is 17.4 Å². The number of amides is 1. The summed E-state index contributed by atoms with van der Waals surface area (Å²) in [4.78, 5) is 21.4. The Morgan fingerprint density at radius 1 is 0.906 bits per heavy atom. The van der Waals surface area contributed by atoms with Gasteiger partial charge < -0.3 is 4.90 Å². The summed E-state index contributed by atoms with van der Waals surface area (Å²) in [6.45, 7) is 4.13. The standard InChI is InChI=1S/C25H30F3N3O/c26-25(27,28)22-7-4-19(5-8-22)16-20-6-9-23(29-17-20)21-10-14-30(15-11-21)18-24(32)31-12-2-1-3-13-31/h4-9,17,21H,1-3,10-16,18H2. The molecule has 32 heavy (non-hydrogen) atoms. The highest BCUT2D eigenvalue weighted by Crippen LogP contribution is 2.30. The minimum atomic E-state index is -4.31. The predicted molar refractivity (Wildman–Crippen MR) is 117 cm³/mol. The lowest BCUT2D eigenvalue weighted by Gasteiger charge is -2.34. The average Bonchev–Trinajstić information content (AvgIpc) is 2.80. The number of rotatable bonds is 5. The summed E-state index contributed by atoms with van der Waals surface area (Å²) in [6.07, 6.45) is 3.52. The zero-order valence-electron chi connectivity index (χ0n) is 18.3. The van der Waals surface area contributed by atoms with E-state index in [0.29, 0.717) is 18.9 Å². The van der Waals surface area contributed by atoms with Crippen LogP contribution in [0.2, 0.25) is 0 Å². The van der Waals surface area contributed by atoms with Crippen molar-refractivity contribution in [2.45, 2.75) is 50.6 Å². The molecule has 0 bridgehead atoms. The molecule has 1 aromatic heterocycles. The summed E-state index contributed by atoms with van der Waals surface area (Å²) in [5, 5.41) is 0. The molecule has 7 heteroatoms. The van der Waals surface area contributed by atoms with Crippen molar-refractivity contribution in [3.05, 3.63) is 65.0 Å². The number of carbonyl (C=O) groups is 1. The monoisotopic (exact) mass is 445 g/mol. The number of piperidine rings is 2. The van der Waals surface area contributed by atoms with Crippen LogP contribution in [0.1, 0.15) is 60.4 Å². The molecule has 2 saturated heterocycles. The van der Waals surface area contributed by atoms with Crippen molar-refractivity contribution in [3.8, 4) is 0 Å². The maximum atomic E-state index is 12.7. The lowest BCUT2D eigenvalue weighted by atomic mass is 9.92. The summed E-state index contributed by atoms with van der Waals surface area (Å²) in [5.41, 5.74) is 2.25. The third-order valence-electron chi connectivity index (χ3n) is 6.61. The van der Waals surface area contributed by atoms with Crippen LogP contribution in [0.4, 0.5) is 13.2 Å². The second kappa shape index (κ2) is 10.0. The number of benzene rings is 1. The minimum Gasteiger partial charge on any atom is -0.342 e.